The van der Waals surface area contributed by atoms with E-state index in [1.54, 1.807) is 24.3 Å². The fourth-order valence-electron chi connectivity index (χ4n) is 5.18. The number of benzene rings is 3. The van der Waals surface area contributed by atoms with Crippen LogP contribution < -0.4 is 10.6 Å². The molecule has 8 heteroatoms. The van der Waals surface area contributed by atoms with E-state index in [1.165, 1.54) is 0 Å². The molecule has 0 radical (unpaired) electrons. The van der Waals surface area contributed by atoms with Crippen molar-refractivity contribution >= 4 is 46.0 Å². The van der Waals surface area contributed by atoms with Crippen LogP contribution in [0.25, 0.3) is 11.0 Å². The van der Waals surface area contributed by atoms with Gasteiger partial charge < -0.3 is 20.1 Å². The highest BCUT2D eigenvalue weighted by Crippen LogP contribution is 2.28. The number of rotatable bonds is 18. The summed E-state index contributed by atoms with van der Waals surface area (Å²) in [6.07, 6.45) is 8.69. The van der Waals surface area contributed by atoms with Gasteiger partial charge >= 0.3 is 11.9 Å². The molecule has 244 valence electrons. The molecular weight excluding hydrogens is 576 g/mol. The molecule has 0 saturated carbocycles. The molecule has 0 fully saturated rings. The molecule has 8 nitrogen and oxygen atoms in total. The molecule has 2 unspecified atom stereocenters. The summed E-state index contributed by atoms with van der Waals surface area (Å²) in [4.78, 5) is 35.0. The summed E-state index contributed by atoms with van der Waals surface area (Å²) < 4.78 is 11.2. The summed E-state index contributed by atoms with van der Waals surface area (Å²) >= 11 is 0. The number of esters is 2. The van der Waals surface area contributed by atoms with E-state index in [9.17, 15) is 9.59 Å². The zero-order valence-electron chi connectivity index (χ0n) is 27.7. The maximum Gasteiger partial charge on any atom is 0.338 e. The molecule has 0 saturated heterocycles. The largest absolute Gasteiger partial charge is 0.462 e. The monoisotopic (exact) mass is 624 g/mol. The lowest BCUT2D eigenvalue weighted by molar-refractivity contribution is 0.0419. The lowest BCUT2D eigenvalue weighted by Gasteiger charge is -2.16. The smallest absolute Gasteiger partial charge is 0.338 e. The quantitative estimate of drug-likeness (QED) is 0.105. The van der Waals surface area contributed by atoms with Crippen LogP contribution in [0.5, 0.6) is 0 Å². The van der Waals surface area contributed by atoms with Crippen LogP contribution in [0, 0.1) is 11.8 Å². The van der Waals surface area contributed by atoms with E-state index in [4.69, 9.17) is 19.4 Å². The highest BCUT2D eigenvalue weighted by atomic mass is 16.5. The number of hydrogen-bond acceptors (Lipinski definition) is 8. The van der Waals surface area contributed by atoms with Crippen LogP contribution in [0.15, 0.2) is 72.8 Å². The summed E-state index contributed by atoms with van der Waals surface area (Å²) in [7, 11) is 0. The Hall–Kier alpha value is -4.46. The van der Waals surface area contributed by atoms with Gasteiger partial charge in [0.15, 0.2) is 11.6 Å². The lowest BCUT2D eigenvalue weighted by Crippen LogP contribution is -2.14. The number of unbranched alkanes of at least 4 members (excludes halogenated alkanes) is 2. The van der Waals surface area contributed by atoms with Crippen molar-refractivity contribution in [2.24, 2.45) is 11.8 Å². The maximum atomic E-state index is 12.7. The Morgan fingerprint density at radius 2 is 1.00 bits per heavy atom. The van der Waals surface area contributed by atoms with Crippen molar-refractivity contribution in [3.8, 4) is 0 Å². The normalized spacial score (nSPS) is 12.3. The van der Waals surface area contributed by atoms with E-state index in [0.717, 1.165) is 73.8 Å². The number of fused-ring (bicyclic) bond motifs is 1. The Kier molecular flexibility index (Phi) is 13.4. The minimum atomic E-state index is -0.316. The second kappa shape index (κ2) is 17.9. The van der Waals surface area contributed by atoms with Gasteiger partial charge in [-0.2, -0.15) is 0 Å². The Labute approximate surface area is 273 Å². The first-order chi connectivity index (χ1) is 22.4. The minimum absolute atomic E-state index is 0.316. The van der Waals surface area contributed by atoms with Crippen molar-refractivity contribution in [1.82, 2.24) is 9.97 Å². The molecule has 0 aliphatic heterocycles. The van der Waals surface area contributed by atoms with Gasteiger partial charge in [-0.1, -0.05) is 78.4 Å². The average Bonchev–Trinajstić information content (AvgIpc) is 3.09. The molecule has 0 aliphatic carbocycles. The van der Waals surface area contributed by atoms with Crippen molar-refractivity contribution in [2.45, 2.75) is 79.1 Å². The highest BCUT2D eigenvalue weighted by molar-refractivity contribution is 5.91. The second-order valence-corrected chi connectivity index (χ2v) is 11.8. The molecule has 1 heterocycles. The van der Waals surface area contributed by atoms with E-state index in [1.807, 2.05) is 48.5 Å². The summed E-state index contributed by atoms with van der Waals surface area (Å²) in [5, 5.41) is 6.70. The van der Waals surface area contributed by atoms with E-state index < -0.39 is 0 Å². The topological polar surface area (TPSA) is 102 Å². The number of carbonyl (C=O) groups is 2. The van der Waals surface area contributed by atoms with Crippen LogP contribution in [0.4, 0.5) is 23.0 Å². The molecule has 1 aromatic heterocycles. The van der Waals surface area contributed by atoms with Crippen molar-refractivity contribution in [1.29, 1.82) is 0 Å². The highest BCUT2D eigenvalue weighted by Gasteiger charge is 2.15. The molecule has 2 atom stereocenters. The first kappa shape index (κ1) is 34.4. The Morgan fingerprint density at radius 3 is 1.35 bits per heavy atom. The van der Waals surface area contributed by atoms with Crippen molar-refractivity contribution in [3.05, 3.63) is 83.9 Å². The molecule has 0 spiro atoms. The van der Waals surface area contributed by atoms with Gasteiger partial charge in [0.05, 0.1) is 35.4 Å². The van der Waals surface area contributed by atoms with E-state index >= 15 is 0 Å². The van der Waals surface area contributed by atoms with Crippen molar-refractivity contribution < 1.29 is 19.1 Å². The lowest BCUT2D eigenvalue weighted by atomic mass is 10.0. The molecule has 0 aliphatic rings. The van der Waals surface area contributed by atoms with E-state index in [-0.39, 0.29) is 11.9 Å². The van der Waals surface area contributed by atoms with Crippen LogP contribution in [0.2, 0.25) is 0 Å². The van der Waals surface area contributed by atoms with Crippen LogP contribution in [-0.2, 0) is 9.47 Å². The van der Waals surface area contributed by atoms with Crippen LogP contribution in [0.1, 0.15) is 99.8 Å². The fourth-order valence-corrected chi connectivity index (χ4v) is 5.18. The zero-order chi connectivity index (χ0) is 32.7. The summed E-state index contributed by atoms with van der Waals surface area (Å²) in [5.41, 5.74) is 3.99. The van der Waals surface area contributed by atoms with Gasteiger partial charge in [0, 0.05) is 11.4 Å². The molecule has 0 amide bonds. The molecule has 4 rings (SSSR count). The SMILES string of the molecule is CCCCC(CC)COC(=O)c1ccc(Nc2nc3ccccc3nc2Nc2ccc(C(=O)OCC(CC)CCCC)cc2)cc1. The minimum Gasteiger partial charge on any atom is -0.462 e. The van der Waals surface area contributed by atoms with Crippen LogP contribution in [0.3, 0.4) is 0 Å². The fraction of sp³-hybridized carbons (Fsp3) is 0.421. The zero-order valence-corrected chi connectivity index (χ0v) is 27.7. The number of ether oxygens (including phenoxy) is 2. The molecular formula is C38H48N4O4. The van der Waals surface area contributed by atoms with Crippen molar-refractivity contribution in [3.63, 3.8) is 0 Å². The Morgan fingerprint density at radius 1 is 0.609 bits per heavy atom. The number of nitrogens with one attached hydrogen (secondary N) is 2. The molecule has 3 aromatic carbocycles. The van der Waals surface area contributed by atoms with E-state index in [2.05, 4.69) is 38.3 Å². The molecule has 46 heavy (non-hydrogen) atoms. The molecule has 4 aromatic rings. The van der Waals surface area contributed by atoms with Gasteiger partial charge in [-0.3, -0.25) is 0 Å². The Bertz CT molecular complexity index is 1420. The van der Waals surface area contributed by atoms with Crippen LogP contribution in [-0.4, -0.2) is 35.1 Å². The van der Waals surface area contributed by atoms with Crippen molar-refractivity contribution in [2.75, 3.05) is 23.8 Å². The van der Waals surface area contributed by atoms with Gasteiger partial charge in [-0.15, -0.1) is 0 Å². The van der Waals surface area contributed by atoms with Gasteiger partial charge in [0.1, 0.15) is 0 Å². The molecule has 0 bridgehead atoms. The number of carbonyl (C=O) groups excluding carboxylic acids is 2. The second-order valence-electron chi connectivity index (χ2n) is 11.8. The number of anilines is 4. The predicted molar refractivity (Wildman–Crippen MR) is 186 cm³/mol. The predicted octanol–water partition coefficient (Wildman–Crippen LogP) is 9.86. The molecule has 2 N–H and O–H groups in total. The maximum absolute atomic E-state index is 12.7. The summed E-state index contributed by atoms with van der Waals surface area (Å²) in [5.74, 6) is 1.20. The van der Waals surface area contributed by atoms with E-state index in [0.29, 0.717) is 47.8 Å². The number of para-hydroxylation sites is 2. The standard InChI is InChI=1S/C38H48N4O4/c1-5-9-13-27(7-3)25-45-37(43)29-17-21-31(22-18-29)39-35-36(42-34-16-12-11-15-33(34)41-35)40-32-23-19-30(20-24-32)38(44)46-26-28(8-4)14-10-6-2/h11-12,15-24,27-28H,5-10,13-14,25-26H2,1-4H3,(H,39,41)(H,40,42). The van der Waals surface area contributed by atoms with Crippen LogP contribution >= 0.6 is 0 Å². The third-order valence-electron chi connectivity index (χ3n) is 8.32. The van der Waals surface area contributed by atoms with Gasteiger partial charge in [-0.25, -0.2) is 19.6 Å². The average molecular weight is 625 g/mol. The number of hydrogen-bond donors (Lipinski definition) is 2. The summed E-state index contributed by atoms with van der Waals surface area (Å²) in [6, 6.07) is 22.0. The third-order valence-corrected chi connectivity index (χ3v) is 8.32. The first-order valence-electron chi connectivity index (χ1n) is 16.8. The Balaban J connectivity index is 1.44. The number of aromatic nitrogens is 2. The third kappa shape index (κ3) is 10.0. The summed E-state index contributed by atoms with van der Waals surface area (Å²) in [6.45, 7) is 9.50. The first-order valence-corrected chi connectivity index (χ1v) is 16.8. The van der Waals surface area contributed by atoms with Gasteiger partial charge in [0.2, 0.25) is 0 Å². The van der Waals surface area contributed by atoms with Gasteiger partial charge in [0.25, 0.3) is 0 Å². The van der Waals surface area contributed by atoms with Gasteiger partial charge in [-0.05, 0) is 85.3 Å². The number of nitrogens with zero attached hydrogens (tertiary/aromatic N) is 2.